The van der Waals surface area contributed by atoms with Crippen LogP contribution in [0.25, 0.3) is 0 Å². The maximum absolute atomic E-state index is 11.0. The maximum Gasteiger partial charge on any atom is 0.321 e. The van der Waals surface area contributed by atoms with Crippen molar-refractivity contribution in [2.24, 2.45) is 5.73 Å². The first kappa shape index (κ1) is 15.7. The number of ether oxygens (including phenoxy) is 1. The molecule has 1 aromatic carbocycles. The lowest BCUT2D eigenvalue weighted by Crippen LogP contribution is -2.46. The highest BCUT2D eigenvalue weighted by atomic mass is 79.9. The van der Waals surface area contributed by atoms with Gasteiger partial charge in [-0.05, 0) is 31.5 Å². The first-order valence-corrected chi connectivity index (χ1v) is 8.15. The fourth-order valence-corrected chi connectivity index (χ4v) is 3.68. The number of rotatable bonds is 5. The third-order valence-corrected chi connectivity index (χ3v) is 5.35. The summed E-state index contributed by atoms with van der Waals surface area (Å²) in [5, 5.41) is 9.04. The zero-order chi connectivity index (χ0) is 14.9. The molecule has 4 nitrogen and oxygen atoms in total. The standard InChI is InChI=1S/C14H18BrNO3S/c1-14(2,12(16)13(17)18)20-7-9-6-10(15)5-8-3-4-19-11(8)9/h5-6,12H,3-4,7,16H2,1-2H3,(H,17,18)/t12-/m0/s1. The van der Waals surface area contributed by atoms with Crippen molar-refractivity contribution in [1.29, 1.82) is 0 Å². The Balaban J connectivity index is 2.14. The van der Waals surface area contributed by atoms with Crippen molar-refractivity contribution in [2.45, 2.75) is 36.8 Å². The predicted molar refractivity (Wildman–Crippen MR) is 84.3 cm³/mol. The molecule has 0 aromatic heterocycles. The SMILES string of the molecule is CC(C)(SCc1cc(Br)cc2c1OCC2)[C@@H](N)C(=O)O. The fourth-order valence-electron chi connectivity index (χ4n) is 2.10. The van der Waals surface area contributed by atoms with Crippen LogP contribution in [0.3, 0.4) is 0 Å². The van der Waals surface area contributed by atoms with E-state index >= 15 is 0 Å². The number of fused-ring (bicyclic) bond motifs is 1. The molecule has 1 heterocycles. The van der Waals surface area contributed by atoms with Crippen LogP contribution in [0.5, 0.6) is 5.75 Å². The van der Waals surface area contributed by atoms with Crippen molar-refractivity contribution >= 4 is 33.7 Å². The minimum absolute atomic E-state index is 0.542. The molecule has 1 atom stereocenters. The summed E-state index contributed by atoms with van der Waals surface area (Å²) in [6.07, 6.45) is 0.921. The summed E-state index contributed by atoms with van der Waals surface area (Å²) in [5.74, 6) is 0.647. The number of benzene rings is 1. The second-order valence-corrected chi connectivity index (χ2v) is 7.90. The minimum atomic E-state index is -0.974. The fraction of sp³-hybridized carbons (Fsp3) is 0.500. The van der Waals surface area contributed by atoms with Crippen LogP contribution in [0.4, 0.5) is 0 Å². The van der Waals surface area contributed by atoms with Crippen molar-refractivity contribution in [3.05, 3.63) is 27.7 Å². The molecule has 3 N–H and O–H groups in total. The van der Waals surface area contributed by atoms with E-state index in [9.17, 15) is 4.79 Å². The summed E-state index contributed by atoms with van der Waals surface area (Å²) in [5.41, 5.74) is 8.03. The summed E-state index contributed by atoms with van der Waals surface area (Å²) in [7, 11) is 0. The Hall–Kier alpha value is -0.720. The number of hydrogen-bond donors (Lipinski definition) is 2. The van der Waals surface area contributed by atoms with Crippen molar-refractivity contribution in [2.75, 3.05) is 6.61 Å². The number of halogens is 1. The van der Waals surface area contributed by atoms with Crippen LogP contribution in [-0.4, -0.2) is 28.5 Å². The van der Waals surface area contributed by atoms with Gasteiger partial charge in [-0.15, -0.1) is 11.8 Å². The number of hydrogen-bond acceptors (Lipinski definition) is 4. The van der Waals surface area contributed by atoms with E-state index in [0.29, 0.717) is 12.4 Å². The van der Waals surface area contributed by atoms with Crippen molar-refractivity contribution in [3.63, 3.8) is 0 Å². The monoisotopic (exact) mass is 359 g/mol. The van der Waals surface area contributed by atoms with Crippen LogP contribution in [0, 0.1) is 0 Å². The van der Waals surface area contributed by atoms with Gasteiger partial charge in [0.15, 0.2) is 0 Å². The Labute approximate surface area is 131 Å². The van der Waals surface area contributed by atoms with Gasteiger partial charge in [-0.1, -0.05) is 15.9 Å². The van der Waals surface area contributed by atoms with Crippen molar-refractivity contribution in [1.82, 2.24) is 0 Å². The van der Waals surface area contributed by atoms with Crippen LogP contribution in [0.1, 0.15) is 25.0 Å². The lowest BCUT2D eigenvalue weighted by atomic mass is 10.1. The van der Waals surface area contributed by atoms with Crippen LogP contribution < -0.4 is 10.5 Å². The molecule has 1 aliphatic heterocycles. The Morgan fingerprint density at radius 1 is 1.60 bits per heavy atom. The van der Waals surface area contributed by atoms with Gasteiger partial charge in [-0.2, -0.15) is 0 Å². The lowest BCUT2D eigenvalue weighted by molar-refractivity contribution is -0.139. The minimum Gasteiger partial charge on any atom is -0.493 e. The van der Waals surface area contributed by atoms with E-state index in [2.05, 4.69) is 22.0 Å². The number of carbonyl (C=O) groups is 1. The second kappa shape index (κ2) is 5.95. The van der Waals surface area contributed by atoms with Gasteiger partial charge in [0.05, 0.1) is 6.61 Å². The number of carboxylic acid groups (broad SMARTS) is 1. The Morgan fingerprint density at radius 2 is 2.30 bits per heavy atom. The molecule has 0 saturated heterocycles. The average molecular weight is 360 g/mol. The van der Waals surface area contributed by atoms with Crippen molar-refractivity contribution in [3.8, 4) is 5.75 Å². The van der Waals surface area contributed by atoms with E-state index in [1.54, 1.807) is 0 Å². The normalized spacial score (nSPS) is 15.6. The average Bonchev–Trinajstić information content (AvgIpc) is 2.82. The van der Waals surface area contributed by atoms with E-state index in [1.807, 2.05) is 19.9 Å². The van der Waals surface area contributed by atoms with Crippen LogP contribution in [0.2, 0.25) is 0 Å². The largest absolute Gasteiger partial charge is 0.493 e. The Morgan fingerprint density at radius 3 is 2.95 bits per heavy atom. The van der Waals surface area contributed by atoms with Gasteiger partial charge in [0.2, 0.25) is 0 Å². The second-order valence-electron chi connectivity index (χ2n) is 5.36. The lowest BCUT2D eigenvalue weighted by Gasteiger charge is -2.28. The number of carboxylic acids is 1. The molecule has 0 aliphatic carbocycles. The highest BCUT2D eigenvalue weighted by Gasteiger charge is 2.33. The first-order chi connectivity index (χ1) is 9.31. The number of thioether (sulfide) groups is 1. The summed E-state index contributed by atoms with van der Waals surface area (Å²) in [4.78, 5) is 11.0. The molecule has 0 amide bonds. The van der Waals surface area contributed by atoms with Crippen molar-refractivity contribution < 1.29 is 14.6 Å². The summed E-state index contributed by atoms with van der Waals surface area (Å²) < 4.78 is 6.16. The molecule has 0 bridgehead atoms. The summed E-state index contributed by atoms with van der Waals surface area (Å²) in [6, 6.07) is 3.21. The van der Waals surface area contributed by atoms with Gasteiger partial charge in [0, 0.05) is 27.0 Å². The smallest absolute Gasteiger partial charge is 0.321 e. The van der Waals surface area contributed by atoms with Gasteiger partial charge in [0.25, 0.3) is 0 Å². The third kappa shape index (κ3) is 3.30. The molecule has 110 valence electrons. The quantitative estimate of drug-likeness (QED) is 0.845. The van der Waals surface area contributed by atoms with Crippen LogP contribution >= 0.6 is 27.7 Å². The van der Waals surface area contributed by atoms with Crippen LogP contribution in [-0.2, 0) is 17.0 Å². The molecule has 0 saturated carbocycles. The molecule has 0 fully saturated rings. The van der Waals surface area contributed by atoms with Gasteiger partial charge in [-0.3, -0.25) is 4.79 Å². The maximum atomic E-state index is 11.0. The highest BCUT2D eigenvalue weighted by molar-refractivity contribution is 9.10. The zero-order valence-electron chi connectivity index (χ0n) is 11.5. The van der Waals surface area contributed by atoms with E-state index in [1.165, 1.54) is 17.3 Å². The molecule has 6 heteroatoms. The van der Waals surface area contributed by atoms with E-state index < -0.39 is 16.8 Å². The van der Waals surface area contributed by atoms with Gasteiger partial charge < -0.3 is 15.6 Å². The topological polar surface area (TPSA) is 72.5 Å². The molecule has 0 radical (unpaired) electrons. The third-order valence-electron chi connectivity index (χ3n) is 3.44. The number of aliphatic carboxylic acids is 1. The number of nitrogens with two attached hydrogens (primary N) is 1. The predicted octanol–water partition coefficient (Wildman–Crippen LogP) is 2.81. The first-order valence-electron chi connectivity index (χ1n) is 6.37. The molecule has 20 heavy (non-hydrogen) atoms. The van der Waals surface area contributed by atoms with E-state index in [4.69, 9.17) is 15.6 Å². The molecule has 1 aromatic rings. The zero-order valence-corrected chi connectivity index (χ0v) is 13.9. The Bertz CT molecular complexity index is 533. The molecule has 2 rings (SSSR count). The van der Waals surface area contributed by atoms with Gasteiger partial charge in [-0.25, -0.2) is 0 Å². The van der Waals surface area contributed by atoms with Gasteiger partial charge >= 0.3 is 5.97 Å². The Kier molecular flexibility index (Phi) is 4.66. The van der Waals surface area contributed by atoms with Crippen LogP contribution in [0.15, 0.2) is 16.6 Å². The van der Waals surface area contributed by atoms with E-state index in [0.717, 1.165) is 22.2 Å². The highest BCUT2D eigenvalue weighted by Crippen LogP contribution is 2.38. The molecule has 0 spiro atoms. The summed E-state index contributed by atoms with van der Waals surface area (Å²) >= 11 is 5.04. The molecule has 0 unspecified atom stereocenters. The van der Waals surface area contributed by atoms with E-state index in [-0.39, 0.29) is 0 Å². The summed E-state index contributed by atoms with van der Waals surface area (Å²) in [6.45, 7) is 4.42. The molecule has 1 aliphatic rings. The molecular weight excluding hydrogens is 342 g/mol. The molecular formula is C14H18BrNO3S. The van der Waals surface area contributed by atoms with Gasteiger partial charge in [0.1, 0.15) is 11.8 Å².